The zero-order chi connectivity index (χ0) is 33.8. The zero-order valence-corrected chi connectivity index (χ0v) is 28.2. The van der Waals surface area contributed by atoms with Gasteiger partial charge in [-0.25, -0.2) is 0 Å². The molecule has 0 bridgehead atoms. The van der Waals surface area contributed by atoms with Gasteiger partial charge in [0.2, 0.25) is 0 Å². The lowest BCUT2D eigenvalue weighted by atomic mass is 9.65. The van der Waals surface area contributed by atoms with E-state index in [0.717, 1.165) is 57.4 Å². The Morgan fingerprint density at radius 3 is 2.04 bits per heavy atom. The summed E-state index contributed by atoms with van der Waals surface area (Å²) < 4.78 is 7.09. The summed E-state index contributed by atoms with van der Waals surface area (Å²) in [5.74, 6) is 0. The summed E-state index contributed by atoms with van der Waals surface area (Å²) in [4.78, 5) is 2.35. The van der Waals surface area contributed by atoms with Crippen molar-refractivity contribution in [3.63, 3.8) is 0 Å². The molecule has 1 atom stereocenters. The second-order valence-corrected chi connectivity index (χ2v) is 13.5. The molecule has 51 heavy (non-hydrogen) atoms. The fraction of sp³-hybridized carbons (Fsp3) is 0.0612. The maximum absolute atomic E-state index is 7.09. The number of para-hydroxylation sites is 3. The van der Waals surface area contributed by atoms with Crippen LogP contribution in [0.1, 0.15) is 35.1 Å². The van der Waals surface area contributed by atoms with E-state index >= 15 is 0 Å². The normalized spacial score (nSPS) is 16.4. The van der Waals surface area contributed by atoms with Gasteiger partial charge < -0.3 is 9.32 Å². The molecule has 1 aromatic heterocycles. The Morgan fingerprint density at radius 1 is 0.529 bits per heavy atom. The molecule has 0 N–H and O–H groups in total. The highest BCUT2D eigenvalue weighted by molar-refractivity contribution is 6.11. The molecular weight excluding hydrogens is 619 g/mol. The third-order valence-electron chi connectivity index (χ3n) is 10.8. The number of hydrogen-bond donors (Lipinski definition) is 0. The Balaban J connectivity index is 1.22. The van der Waals surface area contributed by atoms with E-state index in [1.54, 1.807) is 0 Å². The third kappa shape index (κ3) is 4.50. The molecule has 2 heteroatoms. The van der Waals surface area contributed by atoms with Gasteiger partial charge in [-0.3, -0.25) is 0 Å². The molecule has 7 aromatic carbocycles. The van der Waals surface area contributed by atoms with Gasteiger partial charge in [-0.1, -0.05) is 158 Å². The molecule has 8 aromatic rings. The number of fused-ring (bicyclic) bond motifs is 5. The maximum atomic E-state index is 7.09. The minimum absolute atomic E-state index is 0.404. The van der Waals surface area contributed by atoms with Crippen LogP contribution in [0.25, 0.3) is 38.6 Å². The molecule has 0 aliphatic heterocycles. The Bertz CT molecular complexity index is 2630. The van der Waals surface area contributed by atoms with Crippen molar-refractivity contribution in [2.45, 2.75) is 18.3 Å². The molecule has 1 heterocycles. The molecule has 2 nitrogen and oxygen atoms in total. The highest BCUT2D eigenvalue weighted by atomic mass is 16.3. The number of furan rings is 1. The van der Waals surface area contributed by atoms with Crippen LogP contribution < -0.4 is 4.90 Å². The molecule has 10 rings (SSSR count). The average Bonchev–Trinajstić information content (AvgIpc) is 3.73. The SMILES string of the molecule is C1=CC2=C(CC1)C(c1ccccc1)(c1ccc3c(c1)oc1c(N(c4ccccc4)c4ccccc4-c4ccccc4)cccc13)c1ccccc12. The van der Waals surface area contributed by atoms with Crippen molar-refractivity contribution in [2.75, 3.05) is 4.90 Å². The number of hydrogen-bond acceptors (Lipinski definition) is 2. The summed E-state index contributed by atoms with van der Waals surface area (Å²) in [5.41, 5.74) is 14.9. The Labute approximate surface area is 298 Å². The number of anilines is 3. The summed E-state index contributed by atoms with van der Waals surface area (Å²) in [6.07, 6.45) is 6.73. The van der Waals surface area contributed by atoms with Crippen molar-refractivity contribution in [3.8, 4) is 11.1 Å². The van der Waals surface area contributed by atoms with E-state index in [4.69, 9.17) is 4.42 Å². The van der Waals surface area contributed by atoms with Gasteiger partial charge in [-0.05, 0) is 82.1 Å². The third-order valence-corrected chi connectivity index (χ3v) is 10.8. The van der Waals surface area contributed by atoms with E-state index in [1.807, 2.05) is 0 Å². The van der Waals surface area contributed by atoms with Crippen LogP contribution in [0.15, 0.2) is 198 Å². The Kier molecular flexibility index (Phi) is 6.89. The largest absolute Gasteiger partial charge is 0.454 e. The topological polar surface area (TPSA) is 16.4 Å². The molecule has 0 amide bonds. The first kappa shape index (κ1) is 29.5. The van der Waals surface area contributed by atoms with Crippen LogP contribution in [0.5, 0.6) is 0 Å². The van der Waals surface area contributed by atoms with Crippen LogP contribution in [0.2, 0.25) is 0 Å². The number of benzene rings is 7. The lowest BCUT2D eigenvalue weighted by Crippen LogP contribution is -2.30. The minimum atomic E-state index is -0.404. The Hall–Kier alpha value is -6.38. The monoisotopic (exact) mass is 653 g/mol. The van der Waals surface area contributed by atoms with Crippen LogP contribution in [0.4, 0.5) is 17.1 Å². The summed E-state index contributed by atoms with van der Waals surface area (Å²) >= 11 is 0. The maximum Gasteiger partial charge on any atom is 0.159 e. The van der Waals surface area contributed by atoms with E-state index in [-0.39, 0.29) is 0 Å². The molecule has 0 saturated carbocycles. The predicted octanol–water partition coefficient (Wildman–Crippen LogP) is 13.2. The van der Waals surface area contributed by atoms with Crippen molar-refractivity contribution in [1.29, 1.82) is 0 Å². The fourth-order valence-corrected chi connectivity index (χ4v) is 8.74. The van der Waals surface area contributed by atoms with Gasteiger partial charge in [0.25, 0.3) is 0 Å². The molecule has 0 fully saturated rings. The van der Waals surface area contributed by atoms with E-state index in [0.29, 0.717) is 0 Å². The van der Waals surface area contributed by atoms with Gasteiger partial charge in [0.05, 0.1) is 16.8 Å². The van der Waals surface area contributed by atoms with Crippen molar-refractivity contribution in [3.05, 3.63) is 216 Å². The van der Waals surface area contributed by atoms with Gasteiger partial charge in [-0.15, -0.1) is 0 Å². The van der Waals surface area contributed by atoms with E-state index in [9.17, 15) is 0 Å². The summed E-state index contributed by atoms with van der Waals surface area (Å²) in [5, 5.41) is 2.22. The summed E-state index contributed by atoms with van der Waals surface area (Å²) in [6, 6.07) is 63.4. The number of rotatable bonds is 6. The van der Waals surface area contributed by atoms with Crippen molar-refractivity contribution in [2.24, 2.45) is 0 Å². The van der Waals surface area contributed by atoms with E-state index in [2.05, 4.69) is 193 Å². The lowest BCUT2D eigenvalue weighted by Gasteiger charge is -2.36. The second kappa shape index (κ2) is 11.9. The van der Waals surface area contributed by atoms with Crippen molar-refractivity contribution >= 4 is 44.6 Å². The lowest BCUT2D eigenvalue weighted by molar-refractivity contribution is 0.661. The van der Waals surface area contributed by atoms with Crippen molar-refractivity contribution < 1.29 is 4.42 Å². The molecule has 242 valence electrons. The van der Waals surface area contributed by atoms with Gasteiger partial charge in [0.15, 0.2) is 5.58 Å². The smallest absolute Gasteiger partial charge is 0.159 e. The predicted molar refractivity (Wildman–Crippen MR) is 212 cm³/mol. The standard InChI is InChI=1S/C49H35NO/c1-4-17-34(18-5-1)38-23-12-15-29-45(38)50(37-21-8-3-9-22-37)46-30-16-26-42-41-32-31-36(33-47(41)51-48(42)46)49(35-19-6-2-7-20-35)43-27-13-10-24-39(43)40-25-11-14-28-44(40)49/h1-13,15-27,29-33H,14,28H2. The van der Waals surface area contributed by atoms with Gasteiger partial charge >= 0.3 is 0 Å². The van der Waals surface area contributed by atoms with Gasteiger partial charge in [0, 0.05) is 22.0 Å². The molecule has 2 aliphatic carbocycles. The fourth-order valence-electron chi connectivity index (χ4n) is 8.74. The van der Waals surface area contributed by atoms with Crippen LogP contribution in [0, 0.1) is 0 Å². The van der Waals surface area contributed by atoms with E-state index < -0.39 is 5.41 Å². The molecule has 1 unspecified atom stereocenters. The van der Waals surface area contributed by atoms with Crippen LogP contribution in [-0.4, -0.2) is 0 Å². The molecule has 0 radical (unpaired) electrons. The average molecular weight is 654 g/mol. The quantitative estimate of drug-likeness (QED) is 0.178. The summed E-state index contributed by atoms with van der Waals surface area (Å²) in [6.45, 7) is 0. The van der Waals surface area contributed by atoms with Crippen LogP contribution in [-0.2, 0) is 5.41 Å². The first-order chi connectivity index (χ1) is 25.3. The van der Waals surface area contributed by atoms with Gasteiger partial charge in [0.1, 0.15) is 5.58 Å². The minimum Gasteiger partial charge on any atom is -0.454 e. The van der Waals surface area contributed by atoms with Crippen LogP contribution in [0.3, 0.4) is 0 Å². The number of nitrogens with zero attached hydrogens (tertiary/aromatic N) is 1. The van der Waals surface area contributed by atoms with Crippen molar-refractivity contribution in [1.82, 2.24) is 0 Å². The zero-order valence-electron chi connectivity index (χ0n) is 28.2. The molecule has 0 spiro atoms. The first-order valence-electron chi connectivity index (χ1n) is 17.8. The summed E-state index contributed by atoms with van der Waals surface area (Å²) in [7, 11) is 0. The second-order valence-electron chi connectivity index (χ2n) is 13.5. The number of allylic oxidation sites excluding steroid dienone is 4. The highest BCUT2D eigenvalue weighted by Crippen LogP contribution is 2.57. The molecular formula is C49H35NO. The van der Waals surface area contributed by atoms with Crippen LogP contribution >= 0.6 is 0 Å². The van der Waals surface area contributed by atoms with Gasteiger partial charge in [-0.2, -0.15) is 0 Å². The highest BCUT2D eigenvalue weighted by Gasteiger charge is 2.47. The first-order valence-corrected chi connectivity index (χ1v) is 17.8. The van der Waals surface area contributed by atoms with E-state index in [1.165, 1.54) is 39.0 Å². The Morgan fingerprint density at radius 2 is 1.22 bits per heavy atom. The molecule has 2 aliphatic rings. The molecule has 0 saturated heterocycles.